The van der Waals surface area contributed by atoms with Crippen molar-refractivity contribution in [3.8, 4) is 0 Å². The van der Waals surface area contributed by atoms with Crippen LogP contribution in [0.1, 0.15) is 32.5 Å². The summed E-state index contributed by atoms with van der Waals surface area (Å²) in [7, 11) is 0. The Bertz CT molecular complexity index is 670. The van der Waals surface area contributed by atoms with Crippen LogP contribution in [0, 0.1) is 12.8 Å². The molecule has 0 radical (unpaired) electrons. The highest BCUT2D eigenvalue weighted by molar-refractivity contribution is 6.32. The third-order valence-corrected chi connectivity index (χ3v) is 4.96. The van der Waals surface area contributed by atoms with Crippen LogP contribution >= 0.6 is 11.6 Å². The van der Waals surface area contributed by atoms with Crippen LogP contribution in [0.3, 0.4) is 0 Å². The molecule has 0 unspecified atom stereocenters. The molecule has 0 aromatic carbocycles. The van der Waals surface area contributed by atoms with E-state index in [9.17, 15) is 9.59 Å². The van der Waals surface area contributed by atoms with E-state index in [1.807, 2.05) is 20.8 Å². The van der Waals surface area contributed by atoms with Crippen LogP contribution in [0.15, 0.2) is 6.20 Å². The van der Waals surface area contributed by atoms with Gasteiger partial charge < -0.3 is 9.80 Å². The summed E-state index contributed by atoms with van der Waals surface area (Å²) in [6.45, 7) is 7.71. The molecule has 2 aliphatic rings. The molecule has 0 bridgehead atoms. The van der Waals surface area contributed by atoms with Crippen LogP contribution in [0.25, 0.3) is 0 Å². The maximum absolute atomic E-state index is 12.5. The van der Waals surface area contributed by atoms with E-state index in [1.54, 1.807) is 11.1 Å². The maximum Gasteiger partial charge on any atom is 0.325 e. The van der Waals surface area contributed by atoms with Crippen LogP contribution in [-0.2, 0) is 4.79 Å². The predicted octanol–water partition coefficient (Wildman–Crippen LogP) is 1.99. The second-order valence-electron chi connectivity index (χ2n) is 6.87. The smallest absolute Gasteiger partial charge is 0.325 e. The Labute approximate surface area is 146 Å². The zero-order valence-electron chi connectivity index (χ0n) is 14.2. The summed E-state index contributed by atoms with van der Waals surface area (Å²) in [5.74, 6) is 1.47. The van der Waals surface area contributed by atoms with Gasteiger partial charge in [-0.3, -0.25) is 10.1 Å². The summed E-state index contributed by atoms with van der Waals surface area (Å²) in [5.41, 5.74) is -0.744. The first-order valence-corrected chi connectivity index (χ1v) is 8.58. The molecule has 1 N–H and O–H groups in total. The first-order chi connectivity index (χ1) is 11.3. The molecule has 8 heteroatoms. The minimum Gasteiger partial charge on any atom is -0.355 e. The summed E-state index contributed by atoms with van der Waals surface area (Å²) in [4.78, 5) is 36.9. The average molecular weight is 352 g/mol. The van der Waals surface area contributed by atoms with E-state index in [1.165, 1.54) is 0 Å². The van der Waals surface area contributed by atoms with Gasteiger partial charge in [0.25, 0.3) is 5.91 Å². The SMILES string of the molecule is Cc1ncc(Cl)c(N2CCC3(CC2)C(=O)NC(=O)N3CC(C)C)n1. The highest BCUT2D eigenvalue weighted by Gasteiger charge is 2.54. The minimum atomic E-state index is -0.744. The van der Waals surface area contributed by atoms with Crippen LogP contribution in [0.4, 0.5) is 10.6 Å². The van der Waals surface area contributed by atoms with E-state index in [0.717, 1.165) is 0 Å². The minimum absolute atomic E-state index is 0.183. The second-order valence-corrected chi connectivity index (χ2v) is 7.28. The number of aryl methyl sites for hydroxylation is 1. The number of aromatic nitrogens is 2. The number of nitrogens with one attached hydrogen (secondary N) is 1. The highest BCUT2D eigenvalue weighted by Crippen LogP contribution is 2.36. The largest absolute Gasteiger partial charge is 0.355 e. The average Bonchev–Trinajstić information content (AvgIpc) is 2.75. The van der Waals surface area contributed by atoms with Gasteiger partial charge in [-0.05, 0) is 25.7 Å². The number of rotatable bonds is 3. The van der Waals surface area contributed by atoms with Crippen molar-refractivity contribution in [3.63, 3.8) is 0 Å². The van der Waals surface area contributed by atoms with Crippen molar-refractivity contribution in [3.05, 3.63) is 17.0 Å². The monoisotopic (exact) mass is 351 g/mol. The molecule has 0 atom stereocenters. The summed E-state index contributed by atoms with van der Waals surface area (Å²) in [5, 5.41) is 2.99. The highest BCUT2D eigenvalue weighted by atomic mass is 35.5. The molecule has 3 rings (SSSR count). The lowest BCUT2D eigenvalue weighted by molar-refractivity contribution is -0.127. The molecule has 0 saturated carbocycles. The van der Waals surface area contributed by atoms with Crippen LogP contribution in [0.2, 0.25) is 5.02 Å². The fourth-order valence-electron chi connectivity index (χ4n) is 3.47. The number of imide groups is 1. The summed E-state index contributed by atoms with van der Waals surface area (Å²) in [6, 6.07) is -0.280. The molecule has 1 spiro atoms. The van der Waals surface area contributed by atoms with E-state index in [4.69, 9.17) is 11.6 Å². The van der Waals surface area contributed by atoms with Gasteiger partial charge in [-0.1, -0.05) is 25.4 Å². The van der Waals surface area contributed by atoms with Gasteiger partial charge >= 0.3 is 6.03 Å². The van der Waals surface area contributed by atoms with Crippen molar-refractivity contribution < 1.29 is 9.59 Å². The van der Waals surface area contributed by atoms with Crippen molar-refractivity contribution in [1.29, 1.82) is 0 Å². The van der Waals surface area contributed by atoms with Crippen LogP contribution < -0.4 is 10.2 Å². The van der Waals surface area contributed by atoms with Gasteiger partial charge in [0.15, 0.2) is 5.82 Å². The molecule has 0 aliphatic carbocycles. The van der Waals surface area contributed by atoms with E-state index >= 15 is 0 Å². The fraction of sp³-hybridized carbons (Fsp3) is 0.625. The van der Waals surface area contributed by atoms with Crippen molar-refractivity contribution in [2.24, 2.45) is 5.92 Å². The fourth-order valence-corrected chi connectivity index (χ4v) is 3.68. The first-order valence-electron chi connectivity index (χ1n) is 8.20. The van der Waals surface area contributed by atoms with Gasteiger partial charge in [-0.2, -0.15) is 0 Å². The molecule has 7 nitrogen and oxygen atoms in total. The Morgan fingerprint density at radius 1 is 1.33 bits per heavy atom. The Hall–Kier alpha value is -1.89. The number of hydrogen-bond donors (Lipinski definition) is 1. The molecule has 3 heterocycles. The van der Waals surface area contributed by atoms with Gasteiger partial charge in [0, 0.05) is 19.6 Å². The van der Waals surface area contributed by atoms with Crippen molar-refractivity contribution in [2.75, 3.05) is 24.5 Å². The Morgan fingerprint density at radius 2 is 2.00 bits per heavy atom. The molecule has 2 saturated heterocycles. The first kappa shape index (κ1) is 17.0. The zero-order chi connectivity index (χ0) is 17.5. The number of halogens is 1. The number of amides is 3. The number of hydrogen-bond acceptors (Lipinski definition) is 5. The zero-order valence-corrected chi connectivity index (χ0v) is 14.9. The Balaban J connectivity index is 1.81. The van der Waals surface area contributed by atoms with Gasteiger partial charge in [-0.15, -0.1) is 0 Å². The van der Waals surface area contributed by atoms with Gasteiger partial charge in [-0.25, -0.2) is 14.8 Å². The number of carbonyl (C=O) groups is 2. The Kier molecular flexibility index (Phi) is 4.38. The molecular formula is C16H22ClN5O2. The van der Waals surface area contributed by atoms with Crippen LogP contribution in [0.5, 0.6) is 0 Å². The topological polar surface area (TPSA) is 78.4 Å². The third kappa shape index (κ3) is 2.81. The van der Waals surface area contributed by atoms with E-state index < -0.39 is 5.54 Å². The predicted molar refractivity (Wildman–Crippen MR) is 91.0 cm³/mol. The number of piperidine rings is 1. The molecular weight excluding hydrogens is 330 g/mol. The van der Waals surface area contributed by atoms with Gasteiger partial charge in [0.2, 0.25) is 0 Å². The molecule has 2 aliphatic heterocycles. The lowest BCUT2D eigenvalue weighted by Gasteiger charge is -2.43. The second kappa shape index (κ2) is 6.20. The number of anilines is 1. The van der Waals surface area contributed by atoms with Crippen molar-refractivity contribution in [1.82, 2.24) is 20.2 Å². The van der Waals surface area contributed by atoms with E-state index in [2.05, 4.69) is 20.2 Å². The number of urea groups is 1. The van der Waals surface area contributed by atoms with E-state index in [0.29, 0.717) is 55.1 Å². The number of carbonyl (C=O) groups excluding carboxylic acids is 2. The molecule has 1 aromatic rings. The quantitative estimate of drug-likeness (QED) is 0.842. The molecule has 1 aromatic heterocycles. The normalized spacial score (nSPS) is 20.2. The number of nitrogens with zero attached hydrogens (tertiary/aromatic N) is 4. The van der Waals surface area contributed by atoms with Crippen molar-refractivity contribution in [2.45, 2.75) is 39.2 Å². The van der Waals surface area contributed by atoms with Crippen LogP contribution in [-0.4, -0.2) is 52.0 Å². The Morgan fingerprint density at radius 3 is 2.62 bits per heavy atom. The standard InChI is InChI=1S/C16H22ClN5O2/c1-10(2)9-22-15(24)20-14(23)16(22)4-6-21(7-5-16)13-12(17)8-18-11(3)19-13/h8,10H,4-7,9H2,1-3H3,(H,20,23,24). The summed E-state index contributed by atoms with van der Waals surface area (Å²) in [6.07, 6.45) is 2.73. The van der Waals surface area contributed by atoms with Crippen molar-refractivity contribution >= 4 is 29.4 Å². The van der Waals surface area contributed by atoms with Gasteiger partial charge in [0.05, 0.1) is 6.20 Å². The molecule has 3 amide bonds. The van der Waals surface area contributed by atoms with Gasteiger partial charge in [0.1, 0.15) is 16.4 Å². The summed E-state index contributed by atoms with van der Waals surface area (Å²) < 4.78 is 0. The summed E-state index contributed by atoms with van der Waals surface area (Å²) >= 11 is 6.22. The maximum atomic E-state index is 12.5. The lowest BCUT2D eigenvalue weighted by atomic mass is 9.85. The molecule has 130 valence electrons. The third-order valence-electron chi connectivity index (χ3n) is 4.69. The molecule has 24 heavy (non-hydrogen) atoms. The lowest BCUT2D eigenvalue weighted by Crippen LogP contribution is -2.57. The molecule has 2 fully saturated rings. The van der Waals surface area contributed by atoms with E-state index in [-0.39, 0.29) is 11.9 Å².